The van der Waals surface area contributed by atoms with Crippen molar-refractivity contribution in [2.24, 2.45) is 0 Å². The van der Waals surface area contributed by atoms with Gasteiger partial charge in [-0.3, -0.25) is 0 Å². The van der Waals surface area contributed by atoms with Crippen LogP contribution in [-0.2, 0) is 4.74 Å². The number of fused-ring (bicyclic) bond motifs is 2. The highest BCUT2D eigenvalue weighted by molar-refractivity contribution is 6.13. The number of cyclic esters (lactones) is 2. The summed E-state index contributed by atoms with van der Waals surface area (Å²) in [5.41, 5.74) is 0.681. The average Bonchev–Trinajstić information content (AvgIpc) is 2.69. The summed E-state index contributed by atoms with van der Waals surface area (Å²) < 4.78 is 14.7. The lowest BCUT2D eigenvalue weighted by atomic mass is 10.2. The normalized spacial score (nSPS) is 13.4. The number of benzene rings is 1. The van der Waals surface area contributed by atoms with Gasteiger partial charge in [0.2, 0.25) is 0 Å². The number of hydrogen-bond donors (Lipinski definition) is 0. The third-order valence-electron chi connectivity index (χ3n) is 2.74. The van der Waals surface area contributed by atoms with Gasteiger partial charge in [-0.25, -0.2) is 19.6 Å². The molecule has 96 valence electrons. The van der Waals surface area contributed by atoms with Crippen molar-refractivity contribution in [2.45, 2.75) is 0 Å². The standard InChI is InChI=1S/C12H8N2O5/c1-17-7-3-5-6(4-8(7)18-2)14-10-9(13-5)11(15)19-12(10)16/h3-4H,1-2H3. The summed E-state index contributed by atoms with van der Waals surface area (Å²) >= 11 is 0. The fraction of sp³-hybridized carbons (Fsp3) is 0.167. The van der Waals surface area contributed by atoms with Gasteiger partial charge in [0.05, 0.1) is 25.3 Å². The molecule has 2 aromatic rings. The number of nitrogens with zero attached hydrogens (tertiary/aromatic N) is 2. The van der Waals surface area contributed by atoms with Gasteiger partial charge < -0.3 is 14.2 Å². The van der Waals surface area contributed by atoms with Gasteiger partial charge in [0.1, 0.15) is 0 Å². The van der Waals surface area contributed by atoms with E-state index >= 15 is 0 Å². The molecule has 1 aliphatic rings. The second-order valence-electron chi connectivity index (χ2n) is 3.79. The Hall–Kier alpha value is -2.70. The van der Waals surface area contributed by atoms with Gasteiger partial charge in [-0.1, -0.05) is 0 Å². The molecule has 0 saturated carbocycles. The molecule has 1 aromatic carbocycles. The van der Waals surface area contributed by atoms with Crippen molar-refractivity contribution in [2.75, 3.05) is 14.2 Å². The Bertz CT molecular complexity index is 665. The highest BCUT2D eigenvalue weighted by Gasteiger charge is 2.33. The maximum absolute atomic E-state index is 11.4. The molecule has 0 unspecified atom stereocenters. The van der Waals surface area contributed by atoms with Gasteiger partial charge in [-0.2, -0.15) is 0 Å². The van der Waals surface area contributed by atoms with E-state index in [-0.39, 0.29) is 11.4 Å². The zero-order valence-corrected chi connectivity index (χ0v) is 10.1. The smallest absolute Gasteiger partial charge is 0.367 e. The number of esters is 2. The lowest BCUT2D eigenvalue weighted by Gasteiger charge is -2.08. The van der Waals surface area contributed by atoms with E-state index in [1.165, 1.54) is 14.2 Å². The number of hydrogen-bond acceptors (Lipinski definition) is 7. The summed E-state index contributed by atoms with van der Waals surface area (Å²) in [7, 11) is 2.98. The Balaban J connectivity index is 2.31. The van der Waals surface area contributed by atoms with E-state index in [0.717, 1.165) is 0 Å². The minimum atomic E-state index is -0.788. The molecule has 7 nitrogen and oxygen atoms in total. The molecule has 0 saturated heterocycles. The van der Waals surface area contributed by atoms with E-state index in [2.05, 4.69) is 14.7 Å². The Morgan fingerprint density at radius 1 is 0.895 bits per heavy atom. The highest BCUT2D eigenvalue weighted by Crippen LogP contribution is 2.31. The second kappa shape index (κ2) is 3.91. The molecular formula is C12H8N2O5. The zero-order chi connectivity index (χ0) is 13.6. The number of methoxy groups -OCH3 is 2. The van der Waals surface area contributed by atoms with Gasteiger partial charge >= 0.3 is 11.9 Å². The van der Waals surface area contributed by atoms with E-state index in [1.807, 2.05) is 0 Å². The van der Waals surface area contributed by atoms with Crippen LogP contribution in [0.4, 0.5) is 0 Å². The van der Waals surface area contributed by atoms with E-state index in [4.69, 9.17) is 9.47 Å². The van der Waals surface area contributed by atoms with Crippen molar-refractivity contribution >= 4 is 23.0 Å². The molecular weight excluding hydrogens is 252 g/mol. The molecule has 0 atom stereocenters. The lowest BCUT2D eigenvalue weighted by Crippen LogP contribution is -2.01. The quantitative estimate of drug-likeness (QED) is 0.586. The first-order chi connectivity index (χ1) is 9.13. The molecule has 0 bridgehead atoms. The predicted molar refractivity (Wildman–Crippen MR) is 62.4 cm³/mol. The van der Waals surface area contributed by atoms with Crippen LogP contribution in [0.2, 0.25) is 0 Å². The third kappa shape index (κ3) is 1.59. The fourth-order valence-corrected chi connectivity index (χ4v) is 1.85. The van der Waals surface area contributed by atoms with Crippen LogP contribution < -0.4 is 9.47 Å². The maximum atomic E-state index is 11.4. The minimum Gasteiger partial charge on any atom is -0.493 e. The Morgan fingerprint density at radius 3 is 1.68 bits per heavy atom. The lowest BCUT2D eigenvalue weighted by molar-refractivity contribution is 0.0439. The van der Waals surface area contributed by atoms with E-state index < -0.39 is 11.9 Å². The van der Waals surface area contributed by atoms with Gasteiger partial charge in [-0.15, -0.1) is 0 Å². The molecule has 0 radical (unpaired) electrons. The largest absolute Gasteiger partial charge is 0.493 e. The first kappa shape index (κ1) is 11.4. The van der Waals surface area contributed by atoms with Crippen LogP contribution in [0.15, 0.2) is 12.1 Å². The van der Waals surface area contributed by atoms with Gasteiger partial charge in [0.25, 0.3) is 0 Å². The Kier molecular flexibility index (Phi) is 2.34. The fourth-order valence-electron chi connectivity index (χ4n) is 1.85. The molecule has 1 aliphatic heterocycles. The van der Waals surface area contributed by atoms with Crippen molar-refractivity contribution in [1.82, 2.24) is 9.97 Å². The van der Waals surface area contributed by atoms with Crippen LogP contribution in [-0.4, -0.2) is 36.1 Å². The van der Waals surface area contributed by atoms with E-state index in [0.29, 0.717) is 22.5 Å². The van der Waals surface area contributed by atoms with Crippen molar-refractivity contribution in [3.63, 3.8) is 0 Å². The molecule has 19 heavy (non-hydrogen) atoms. The molecule has 0 spiro atoms. The summed E-state index contributed by atoms with van der Waals surface area (Å²) in [5, 5.41) is 0. The SMILES string of the molecule is COc1cc2nc3c(nc2cc1OC)C(=O)OC3=O. The van der Waals surface area contributed by atoms with Gasteiger partial charge in [0.15, 0.2) is 22.9 Å². The summed E-state index contributed by atoms with van der Waals surface area (Å²) in [4.78, 5) is 30.9. The third-order valence-corrected chi connectivity index (χ3v) is 2.74. The highest BCUT2D eigenvalue weighted by atomic mass is 16.6. The molecule has 3 rings (SSSR count). The van der Waals surface area contributed by atoms with Crippen LogP contribution in [0.5, 0.6) is 11.5 Å². The predicted octanol–water partition coefficient (Wildman–Crippen LogP) is 0.958. The first-order valence-electron chi connectivity index (χ1n) is 5.34. The Labute approximate surface area is 107 Å². The number of carbonyl (C=O) groups excluding carboxylic acids is 2. The number of ether oxygens (including phenoxy) is 3. The van der Waals surface area contributed by atoms with E-state index in [1.54, 1.807) is 12.1 Å². The average molecular weight is 260 g/mol. The van der Waals surface area contributed by atoms with Crippen molar-refractivity contribution in [3.05, 3.63) is 23.5 Å². The molecule has 1 aromatic heterocycles. The van der Waals surface area contributed by atoms with Crippen molar-refractivity contribution in [1.29, 1.82) is 0 Å². The summed E-state index contributed by atoms with van der Waals surface area (Å²) in [6, 6.07) is 3.16. The summed E-state index contributed by atoms with van der Waals surface area (Å²) in [6.07, 6.45) is 0. The summed E-state index contributed by atoms with van der Waals surface area (Å²) in [6.45, 7) is 0. The molecule has 0 N–H and O–H groups in total. The Morgan fingerprint density at radius 2 is 1.32 bits per heavy atom. The minimum absolute atomic E-state index is 0.0790. The van der Waals surface area contributed by atoms with Gasteiger partial charge in [0, 0.05) is 12.1 Å². The van der Waals surface area contributed by atoms with Crippen LogP contribution in [0.25, 0.3) is 11.0 Å². The zero-order valence-electron chi connectivity index (χ0n) is 10.1. The first-order valence-corrected chi connectivity index (χ1v) is 5.34. The summed E-state index contributed by atoms with van der Waals surface area (Å²) in [5.74, 6) is -0.655. The monoisotopic (exact) mass is 260 g/mol. The van der Waals surface area contributed by atoms with Gasteiger partial charge in [-0.05, 0) is 0 Å². The van der Waals surface area contributed by atoms with Crippen LogP contribution >= 0.6 is 0 Å². The van der Waals surface area contributed by atoms with Crippen LogP contribution in [0.1, 0.15) is 21.0 Å². The van der Waals surface area contributed by atoms with Crippen LogP contribution in [0.3, 0.4) is 0 Å². The molecule has 0 aliphatic carbocycles. The topological polar surface area (TPSA) is 87.6 Å². The van der Waals surface area contributed by atoms with Crippen molar-refractivity contribution < 1.29 is 23.8 Å². The van der Waals surface area contributed by atoms with E-state index in [9.17, 15) is 9.59 Å². The molecule has 0 fully saturated rings. The molecule has 0 amide bonds. The van der Waals surface area contributed by atoms with Crippen molar-refractivity contribution in [3.8, 4) is 11.5 Å². The number of rotatable bonds is 2. The number of carbonyl (C=O) groups is 2. The second-order valence-corrected chi connectivity index (χ2v) is 3.79. The molecule has 7 heteroatoms. The number of aromatic nitrogens is 2. The van der Waals surface area contributed by atoms with Crippen LogP contribution in [0, 0.1) is 0 Å². The maximum Gasteiger partial charge on any atom is 0.367 e. The molecule has 2 heterocycles.